The summed E-state index contributed by atoms with van der Waals surface area (Å²) in [5, 5.41) is 3.72. The molecule has 0 amide bonds. The Bertz CT molecular complexity index is 358. The first-order chi connectivity index (χ1) is 8.69. The van der Waals surface area contributed by atoms with E-state index in [1.54, 1.807) is 0 Å². The molecule has 100 valence electrons. The van der Waals surface area contributed by atoms with Crippen molar-refractivity contribution in [1.82, 2.24) is 5.32 Å². The fourth-order valence-corrected chi connectivity index (χ4v) is 2.87. The molecule has 0 heterocycles. The van der Waals surface area contributed by atoms with E-state index in [1.807, 2.05) is 0 Å². The summed E-state index contributed by atoms with van der Waals surface area (Å²) in [6, 6.07) is 10.4. The number of hydrogen-bond acceptors (Lipinski definition) is 2. The third-order valence-corrected chi connectivity index (χ3v) is 4.09. The fraction of sp³-hybridized carbons (Fsp3) is 0.625. The normalized spacial score (nSPS) is 25.9. The third kappa shape index (κ3) is 3.56. The summed E-state index contributed by atoms with van der Waals surface area (Å²) in [5.41, 5.74) is 8.83. The molecule has 18 heavy (non-hydrogen) atoms. The van der Waals surface area contributed by atoms with Crippen LogP contribution < -0.4 is 11.1 Å². The number of aryl methyl sites for hydroxylation is 1. The second kappa shape index (κ2) is 6.35. The van der Waals surface area contributed by atoms with Crippen LogP contribution in [0.15, 0.2) is 24.3 Å². The quantitative estimate of drug-likeness (QED) is 0.856. The third-order valence-electron chi connectivity index (χ3n) is 4.09. The Morgan fingerprint density at radius 2 is 2.00 bits per heavy atom. The van der Waals surface area contributed by atoms with Gasteiger partial charge in [-0.05, 0) is 43.7 Å². The SMILES string of the molecule is CCc1ccc(C(C)NC2CCCC(N)C2)cc1. The van der Waals surface area contributed by atoms with Gasteiger partial charge in [0.25, 0.3) is 0 Å². The zero-order valence-corrected chi connectivity index (χ0v) is 11.7. The van der Waals surface area contributed by atoms with E-state index in [9.17, 15) is 0 Å². The average molecular weight is 246 g/mol. The summed E-state index contributed by atoms with van der Waals surface area (Å²) in [5.74, 6) is 0. The highest BCUT2D eigenvalue weighted by Gasteiger charge is 2.20. The van der Waals surface area contributed by atoms with Crippen LogP contribution in [-0.2, 0) is 6.42 Å². The van der Waals surface area contributed by atoms with Gasteiger partial charge in [-0.2, -0.15) is 0 Å². The first-order valence-corrected chi connectivity index (χ1v) is 7.29. The van der Waals surface area contributed by atoms with Crippen molar-refractivity contribution in [3.63, 3.8) is 0 Å². The summed E-state index contributed by atoms with van der Waals surface area (Å²) >= 11 is 0. The second-order valence-corrected chi connectivity index (χ2v) is 5.61. The molecule has 0 aromatic heterocycles. The van der Waals surface area contributed by atoms with Crippen molar-refractivity contribution >= 4 is 0 Å². The smallest absolute Gasteiger partial charge is 0.0294 e. The van der Waals surface area contributed by atoms with Crippen molar-refractivity contribution in [2.24, 2.45) is 5.73 Å². The van der Waals surface area contributed by atoms with Crippen LogP contribution in [0, 0.1) is 0 Å². The maximum Gasteiger partial charge on any atom is 0.0294 e. The molecule has 0 bridgehead atoms. The topological polar surface area (TPSA) is 38.0 Å². The van der Waals surface area contributed by atoms with Crippen LogP contribution in [0.1, 0.15) is 56.7 Å². The van der Waals surface area contributed by atoms with E-state index in [1.165, 1.54) is 30.4 Å². The molecule has 0 radical (unpaired) electrons. The van der Waals surface area contributed by atoms with Gasteiger partial charge in [-0.25, -0.2) is 0 Å². The first-order valence-electron chi connectivity index (χ1n) is 7.29. The molecule has 2 rings (SSSR count). The van der Waals surface area contributed by atoms with E-state index in [0.29, 0.717) is 18.1 Å². The van der Waals surface area contributed by atoms with Crippen molar-refractivity contribution in [2.75, 3.05) is 0 Å². The number of nitrogens with one attached hydrogen (secondary N) is 1. The van der Waals surface area contributed by atoms with Gasteiger partial charge in [0.1, 0.15) is 0 Å². The zero-order chi connectivity index (χ0) is 13.0. The van der Waals surface area contributed by atoms with Gasteiger partial charge < -0.3 is 11.1 Å². The van der Waals surface area contributed by atoms with Crippen LogP contribution in [0.2, 0.25) is 0 Å². The van der Waals surface area contributed by atoms with Gasteiger partial charge in [-0.3, -0.25) is 0 Å². The highest BCUT2D eigenvalue weighted by atomic mass is 15.0. The molecular formula is C16H26N2. The summed E-state index contributed by atoms with van der Waals surface area (Å²) < 4.78 is 0. The van der Waals surface area contributed by atoms with Gasteiger partial charge in [-0.15, -0.1) is 0 Å². The minimum atomic E-state index is 0.394. The highest BCUT2D eigenvalue weighted by Crippen LogP contribution is 2.21. The molecule has 1 aromatic carbocycles. The van der Waals surface area contributed by atoms with Crippen LogP contribution in [0.5, 0.6) is 0 Å². The molecule has 3 unspecified atom stereocenters. The molecule has 1 aliphatic carbocycles. The second-order valence-electron chi connectivity index (χ2n) is 5.61. The predicted molar refractivity (Wildman–Crippen MR) is 77.6 cm³/mol. The zero-order valence-electron chi connectivity index (χ0n) is 11.7. The maximum absolute atomic E-state index is 6.04. The summed E-state index contributed by atoms with van der Waals surface area (Å²) in [4.78, 5) is 0. The lowest BCUT2D eigenvalue weighted by molar-refractivity contribution is 0.319. The largest absolute Gasteiger partial charge is 0.328 e. The van der Waals surface area contributed by atoms with Gasteiger partial charge in [-0.1, -0.05) is 37.6 Å². The number of rotatable bonds is 4. The Morgan fingerprint density at radius 3 is 2.61 bits per heavy atom. The Morgan fingerprint density at radius 1 is 1.28 bits per heavy atom. The van der Waals surface area contributed by atoms with Gasteiger partial charge in [0, 0.05) is 18.1 Å². The Kier molecular flexibility index (Phi) is 4.79. The lowest BCUT2D eigenvalue weighted by Gasteiger charge is -2.30. The van der Waals surface area contributed by atoms with Crippen molar-refractivity contribution in [3.8, 4) is 0 Å². The van der Waals surface area contributed by atoms with E-state index in [2.05, 4.69) is 43.4 Å². The Hall–Kier alpha value is -0.860. The van der Waals surface area contributed by atoms with Crippen LogP contribution in [0.25, 0.3) is 0 Å². The molecule has 3 N–H and O–H groups in total. The van der Waals surface area contributed by atoms with E-state index >= 15 is 0 Å². The molecule has 1 fully saturated rings. The molecule has 3 atom stereocenters. The molecule has 1 aromatic rings. The molecule has 1 aliphatic rings. The van der Waals surface area contributed by atoms with Crippen molar-refractivity contribution in [1.29, 1.82) is 0 Å². The van der Waals surface area contributed by atoms with Gasteiger partial charge in [0.15, 0.2) is 0 Å². The van der Waals surface area contributed by atoms with Crippen LogP contribution >= 0.6 is 0 Å². The number of benzene rings is 1. The van der Waals surface area contributed by atoms with E-state index in [-0.39, 0.29) is 0 Å². The molecule has 1 saturated carbocycles. The Balaban J connectivity index is 1.91. The predicted octanol–water partition coefficient (Wildman–Crippen LogP) is 3.17. The van der Waals surface area contributed by atoms with Gasteiger partial charge in [0.05, 0.1) is 0 Å². The van der Waals surface area contributed by atoms with Crippen molar-refractivity contribution < 1.29 is 0 Å². The number of nitrogens with two attached hydrogens (primary N) is 1. The first kappa shape index (κ1) is 13.6. The molecular weight excluding hydrogens is 220 g/mol. The standard InChI is InChI=1S/C16H26N2/c1-3-13-7-9-14(10-8-13)12(2)18-16-6-4-5-15(17)11-16/h7-10,12,15-16,18H,3-6,11,17H2,1-2H3. The van der Waals surface area contributed by atoms with E-state index in [0.717, 1.165) is 12.8 Å². The van der Waals surface area contributed by atoms with Crippen LogP contribution in [0.4, 0.5) is 0 Å². The van der Waals surface area contributed by atoms with Gasteiger partial charge in [0.2, 0.25) is 0 Å². The number of hydrogen-bond donors (Lipinski definition) is 2. The van der Waals surface area contributed by atoms with E-state index in [4.69, 9.17) is 5.73 Å². The maximum atomic E-state index is 6.04. The summed E-state index contributed by atoms with van der Waals surface area (Å²) in [6.07, 6.45) is 5.96. The summed E-state index contributed by atoms with van der Waals surface area (Å²) in [7, 11) is 0. The fourth-order valence-electron chi connectivity index (χ4n) is 2.87. The minimum Gasteiger partial charge on any atom is -0.328 e. The monoisotopic (exact) mass is 246 g/mol. The minimum absolute atomic E-state index is 0.394. The lowest BCUT2D eigenvalue weighted by atomic mass is 9.90. The summed E-state index contributed by atoms with van der Waals surface area (Å²) in [6.45, 7) is 4.45. The van der Waals surface area contributed by atoms with Crippen molar-refractivity contribution in [3.05, 3.63) is 35.4 Å². The molecule has 2 heteroatoms. The van der Waals surface area contributed by atoms with Gasteiger partial charge >= 0.3 is 0 Å². The molecule has 0 spiro atoms. The lowest BCUT2D eigenvalue weighted by Crippen LogP contribution is -2.40. The average Bonchev–Trinajstić information content (AvgIpc) is 2.39. The molecule has 2 nitrogen and oxygen atoms in total. The highest BCUT2D eigenvalue weighted by molar-refractivity contribution is 5.24. The molecule has 0 saturated heterocycles. The van der Waals surface area contributed by atoms with Crippen LogP contribution in [-0.4, -0.2) is 12.1 Å². The van der Waals surface area contributed by atoms with Crippen LogP contribution in [0.3, 0.4) is 0 Å². The molecule has 0 aliphatic heterocycles. The van der Waals surface area contributed by atoms with E-state index < -0.39 is 0 Å². The van der Waals surface area contributed by atoms with Crippen molar-refractivity contribution in [2.45, 2.75) is 64.1 Å². The Labute approximate surface area is 111 Å².